The summed E-state index contributed by atoms with van der Waals surface area (Å²) in [5.41, 5.74) is 1.84. The zero-order valence-corrected chi connectivity index (χ0v) is 15.5. The van der Waals surface area contributed by atoms with Gasteiger partial charge in [0.15, 0.2) is 0 Å². The van der Waals surface area contributed by atoms with Gasteiger partial charge in [-0.15, -0.1) is 0 Å². The molecule has 1 rings (SSSR count). The molecule has 1 atom stereocenters. The summed E-state index contributed by atoms with van der Waals surface area (Å²) in [5.74, 6) is -0.269. The van der Waals surface area contributed by atoms with E-state index in [9.17, 15) is 4.79 Å². The number of aromatic nitrogens is 2. The minimum Gasteiger partial charge on any atom is -0.481 e. The molecule has 0 aliphatic carbocycles. The van der Waals surface area contributed by atoms with Crippen molar-refractivity contribution in [2.75, 3.05) is 20.6 Å². The van der Waals surface area contributed by atoms with Gasteiger partial charge in [-0.1, -0.05) is 13.8 Å². The molecule has 1 N–H and O–H groups in total. The molecule has 0 saturated heterocycles. The van der Waals surface area contributed by atoms with Crippen LogP contribution in [0.1, 0.15) is 51.4 Å². The largest absolute Gasteiger partial charge is 0.481 e. The highest BCUT2D eigenvalue weighted by Gasteiger charge is 2.13. The molecule has 0 spiro atoms. The molecule has 0 fully saturated rings. The number of aliphatic carboxylic acids is 1. The average molecular weight is 325 g/mol. The molecule has 1 aromatic rings. The maximum atomic E-state index is 12.2. The average Bonchev–Trinajstić information content (AvgIpc) is 2.38. The Balaban J connectivity index is 0.00000108. The minimum atomic E-state index is -0.833. The van der Waals surface area contributed by atoms with Gasteiger partial charge >= 0.3 is 0 Å². The Hall–Kier alpha value is -1.69. The van der Waals surface area contributed by atoms with Gasteiger partial charge in [0, 0.05) is 25.5 Å². The maximum Gasteiger partial charge on any atom is 0.300 e. The first-order chi connectivity index (χ1) is 10.5. The molecule has 23 heavy (non-hydrogen) atoms. The second-order valence-corrected chi connectivity index (χ2v) is 6.62. The topological polar surface area (TPSA) is 75.4 Å². The number of carboxylic acids is 1. The third-order valence-corrected chi connectivity index (χ3v) is 3.21. The molecular formula is C17H31N3O3. The first-order valence-corrected chi connectivity index (χ1v) is 7.98. The van der Waals surface area contributed by atoms with Crippen LogP contribution in [0, 0.1) is 12.8 Å². The van der Waals surface area contributed by atoms with Crippen molar-refractivity contribution >= 4 is 5.97 Å². The molecule has 0 amide bonds. The number of likely N-dealkylation sites (N-methyl/N-ethyl adjacent to an activating group) is 1. The van der Waals surface area contributed by atoms with Crippen LogP contribution in [0.25, 0.3) is 0 Å². The Labute approximate surface area is 139 Å². The predicted molar refractivity (Wildman–Crippen MR) is 93.0 cm³/mol. The van der Waals surface area contributed by atoms with E-state index in [0.717, 1.165) is 37.6 Å². The van der Waals surface area contributed by atoms with E-state index in [0.29, 0.717) is 5.92 Å². The fraction of sp³-hybridized carbons (Fsp3) is 0.706. The van der Waals surface area contributed by atoms with Crippen LogP contribution in [0.15, 0.2) is 10.9 Å². The van der Waals surface area contributed by atoms with Crippen LogP contribution >= 0.6 is 0 Å². The number of nitrogens with zero attached hydrogens (tertiary/aromatic N) is 3. The standard InChI is InChI=1S/C15H27N3O.C2H4O2/c1-11(2)9-13(4)18-15(19)12(3)10-14(16-18)7-8-17(5)6;1-2(3)4/h10-11,13H,7-9H2,1-6H3;1H3,(H,3,4)/t13-;/m0./s1. The van der Waals surface area contributed by atoms with Crippen LogP contribution in [0.3, 0.4) is 0 Å². The molecule has 6 nitrogen and oxygen atoms in total. The molecule has 0 aliphatic heterocycles. The first-order valence-electron chi connectivity index (χ1n) is 7.98. The Morgan fingerprint density at radius 1 is 1.35 bits per heavy atom. The van der Waals surface area contributed by atoms with Gasteiger partial charge < -0.3 is 10.0 Å². The lowest BCUT2D eigenvalue weighted by Crippen LogP contribution is -2.30. The second-order valence-electron chi connectivity index (χ2n) is 6.62. The molecule has 1 aromatic heterocycles. The van der Waals surface area contributed by atoms with Crippen LogP contribution in [0.5, 0.6) is 0 Å². The number of carbonyl (C=O) groups is 1. The van der Waals surface area contributed by atoms with E-state index in [1.807, 2.05) is 27.1 Å². The minimum absolute atomic E-state index is 0.0433. The highest BCUT2D eigenvalue weighted by atomic mass is 16.4. The van der Waals surface area contributed by atoms with Gasteiger partial charge in [-0.25, -0.2) is 4.68 Å². The summed E-state index contributed by atoms with van der Waals surface area (Å²) in [7, 11) is 4.09. The predicted octanol–water partition coefficient (Wildman–Crippen LogP) is 2.35. The summed E-state index contributed by atoms with van der Waals surface area (Å²) < 4.78 is 1.67. The van der Waals surface area contributed by atoms with Crippen molar-refractivity contribution in [3.63, 3.8) is 0 Å². The normalized spacial score (nSPS) is 12.0. The van der Waals surface area contributed by atoms with E-state index >= 15 is 0 Å². The quantitative estimate of drug-likeness (QED) is 0.869. The number of hydrogen-bond acceptors (Lipinski definition) is 4. The Morgan fingerprint density at radius 3 is 2.30 bits per heavy atom. The van der Waals surface area contributed by atoms with Crippen molar-refractivity contribution in [1.29, 1.82) is 0 Å². The van der Waals surface area contributed by atoms with Gasteiger partial charge in [0.1, 0.15) is 0 Å². The van der Waals surface area contributed by atoms with Gasteiger partial charge in [-0.05, 0) is 46.3 Å². The smallest absolute Gasteiger partial charge is 0.300 e. The van der Waals surface area contributed by atoms with Gasteiger partial charge in [0.2, 0.25) is 0 Å². The number of hydrogen-bond donors (Lipinski definition) is 1. The molecule has 0 radical (unpaired) electrons. The Bertz CT molecular complexity index is 547. The van der Waals surface area contributed by atoms with Gasteiger partial charge in [-0.2, -0.15) is 5.10 Å². The van der Waals surface area contributed by atoms with E-state index in [4.69, 9.17) is 9.90 Å². The Morgan fingerprint density at radius 2 is 1.87 bits per heavy atom. The van der Waals surface area contributed by atoms with Crippen molar-refractivity contribution in [3.05, 3.63) is 27.7 Å². The summed E-state index contributed by atoms with van der Waals surface area (Å²) >= 11 is 0. The van der Waals surface area contributed by atoms with Gasteiger partial charge in [0.25, 0.3) is 11.5 Å². The van der Waals surface area contributed by atoms with Gasteiger partial charge in [0.05, 0.1) is 11.7 Å². The lowest BCUT2D eigenvalue weighted by Gasteiger charge is -2.18. The summed E-state index contributed by atoms with van der Waals surface area (Å²) in [6, 6.07) is 2.08. The molecular weight excluding hydrogens is 294 g/mol. The first kappa shape index (κ1) is 21.3. The van der Waals surface area contributed by atoms with Crippen molar-refractivity contribution in [3.8, 4) is 0 Å². The third kappa shape index (κ3) is 9.13. The van der Waals surface area contributed by atoms with Crippen LogP contribution in [0.2, 0.25) is 0 Å². The lowest BCUT2D eigenvalue weighted by atomic mass is 10.1. The number of rotatable bonds is 6. The zero-order chi connectivity index (χ0) is 18.2. The van der Waals surface area contributed by atoms with Crippen LogP contribution in [0.4, 0.5) is 0 Å². The highest BCUT2D eigenvalue weighted by Crippen LogP contribution is 2.14. The molecule has 0 saturated carbocycles. The zero-order valence-electron chi connectivity index (χ0n) is 15.5. The van der Waals surface area contributed by atoms with Crippen molar-refractivity contribution < 1.29 is 9.90 Å². The van der Waals surface area contributed by atoms with E-state index in [-0.39, 0.29) is 11.6 Å². The summed E-state index contributed by atoms with van der Waals surface area (Å²) in [6.07, 6.45) is 1.85. The summed E-state index contributed by atoms with van der Waals surface area (Å²) in [5, 5.41) is 12.0. The van der Waals surface area contributed by atoms with Crippen molar-refractivity contribution in [2.24, 2.45) is 5.92 Å². The third-order valence-electron chi connectivity index (χ3n) is 3.21. The van der Waals surface area contributed by atoms with Gasteiger partial charge in [-0.3, -0.25) is 9.59 Å². The molecule has 0 aromatic carbocycles. The Kier molecular flexibility index (Phi) is 9.41. The van der Waals surface area contributed by atoms with E-state index in [2.05, 4.69) is 30.8 Å². The van der Waals surface area contributed by atoms with Crippen molar-refractivity contribution in [1.82, 2.24) is 14.7 Å². The van der Waals surface area contributed by atoms with E-state index in [1.54, 1.807) is 4.68 Å². The molecule has 6 heteroatoms. The van der Waals surface area contributed by atoms with Crippen molar-refractivity contribution in [2.45, 2.75) is 53.5 Å². The molecule has 132 valence electrons. The SMILES string of the molecule is CC(=O)O.Cc1cc(CCN(C)C)nn([C@@H](C)CC(C)C)c1=O. The molecule has 1 heterocycles. The highest BCUT2D eigenvalue weighted by molar-refractivity contribution is 5.62. The fourth-order valence-electron chi connectivity index (χ4n) is 2.25. The number of carboxylic acid groups (broad SMARTS) is 1. The van der Waals surface area contributed by atoms with E-state index < -0.39 is 5.97 Å². The van der Waals surface area contributed by atoms with E-state index in [1.165, 1.54) is 0 Å². The van der Waals surface area contributed by atoms with Crippen LogP contribution in [-0.4, -0.2) is 46.4 Å². The molecule has 0 bridgehead atoms. The summed E-state index contributed by atoms with van der Waals surface area (Å²) in [4.78, 5) is 23.3. The maximum absolute atomic E-state index is 12.2. The fourth-order valence-corrected chi connectivity index (χ4v) is 2.25. The summed E-state index contributed by atoms with van der Waals surface area (Å²) in [6.45, 7) is 10.3. The van der Waals surface area contributed by atoms with Crippen LogP contribution in [-0.2, 0) is 11.2 Å². The monoisotopic (exact) mass is 325 g/mol. The van der Waals surface area contributed by atoms with Crippen LogP contribution < -0.4 is 5.56 Å². The molecule has 0 aliphatic rings. The number of aryl methyl sites for hydroxylation is 1. The second kappa shape index (κ2) is 10.2. The lowest BCUT2D eigenvalue weighted by molar-refractivity contribution is -0.134. The molecule has 0 unspecified atom stereocenters.